The molecule has 1 aromatic rings. The summed E-state index contributed by atoms with van der Waals surface area (Å²) in [4.78, 5) is 10.8. The summed E-state index contributed by atoms with van der Waals surface area (Å²) in [6.07, 6.45) is 1.35. The first-order valence-electron chi connectivity index (χ1n) is 2.85. The van der Waals surface area contributed by atoms with Gasteiger partial charge in [-0.25, -0.2) is 0 Å². The Morgan fingerprint density at radius 3 is 2.80 bits per heavy atom. The Morgan fingerprint density at radius 2 is 2.30 bits per heavy atom. The highest BCUT2D eigenvalue weighted by molar-refractivity contribution is 5.05. The molecule has 0 aliphatic rings. The predicted octanol–water partition coefficient (Wildman–Crippen LogP) is -1.72. The molecule has 0 spiro atoms. The molecular formula is C6H8N2O2. The molecule has 0 aliphatic heterocycles. The predicted molar refractivity (Wildman–Crippen MR) is 32.3 cm³/mol. The zero-order chi connectivity index (χ0) is 7.72. The quantitative estimate of drug-likeness (QED) is 0.403. The van der Waals surface area contributed by atoms with Crippen LogP contribution in [0.25, 0.3) is 0 Å². The second-order valence-electron chi connectivity index (χ2n) is 2.11. The van der Waals surface area contributed by atoms with Crippen LogP contribution in [-0.4, -0.2) is 4.68 Å². The van der Waals surface area contributed by atoms with Crippen LogP contribution in [0.5, 0.6) is 5.75 Å². The summed E-state index contributed by atoms with van der Waals surface area (Å²) in [6, 6.07) is 1.06. The highest BCUT2D eigenvalue weighted by Crippen LogP contribution is 1.88. The van der Waals surface area contributed by atoms with Crippen molar-refractivity contribution in [1.29, 1.82) is 0 Å². The minimum atomic E-state index is -0.282. The first-order valence-corrected chi connectivity index (χ1v) is 2.85. The van der Waals surface area contributed by atoms with Gasteiger partial charge in [0.15, 0.2) is 13.2 Å². The van der Waals surface area contributed by atoms with Crippen molar-refractivity contribution in [1.82, 2.24) is 4.68 Å². The molecule has 10 heavy (non-hydrogen) atoms. The monoisotopic (exact) mass is 140 g/mol. The van der Waals surface area contributed by atoms with E-state index in [0.29, 0.717) is 0 Å². The fourth-order valence-electron chi connectivity index (χ4n) is 0.679. The van der Waals surface area contributed by atoms with Gasteiger partial charge in [0.05, 0.1) is 7.05 Å². The molecule has 0 saturated heterocycles. The van der Waals surface area contributed by atoms with E-state index in [1.807, 2.05) is 0 Å². The third-order valence-electron chi connectivity index (χ3n) is 1.37. The molecule has 4 nitrogen and oxygen atoms in total. The fraction of sp³-hybridized carbons (Fsp3) is 0.333. The number of hydrogen-bond donors (Lipinski definition) is 0. The summed E-state index contributed by atoms with van der Waals surface area (Å²) in [6.45, 7) is 0. The fourth-order valence-corrected chi connectivity index (χ4v) is 0.679. The summed E-state index contributed by atoms with van der Waals surface area (Å²) in [5, 5.41) is 10.6. The van der Waals surface area contributed by atoms with Crippen LogP contribution in [0.3, 0.4) is 0 Å². The Morgan fingerprint density at radius 1 is 1.70 bits per heavy atom. The number of aromatic nitrogens is 2. The molecule has 0 aromatic carbocycles. The Hall–Kier alpha value is -1.32. The maximum Gasteiger partial charge on any atom is 0.299 e. The van der Waals surface area contributed by atoms with E-state index >= 15 is 0 Å². The minimum Gasteiger partial charge on any atom is -0.868 e. The Balaban J connectivity index is 3.46. The molecule has 0 radical (unpaired) electrons. The van der Waals surface area contributed by atoms with Gasteiger partial charge < -0.3 is 5.11 Å². The Bertz CT molecular complexity index is 303. The van der Waals surface area contributed by atoms with Gasteiger partial charge in [0.25, 0.3) is 5.56 Å². The van der Waals surface area contributed by atoms with E-state index in [0.717, 1.165) is 6.07 Å². The molecule has 1 heterocycles. The topological polar surface area (TPSA) is 48.9 Å². The van der Waals surface area contributed by atoms with Gasteiger partial charge in [0.1, 0.15) is 0 Å². The molecule has 0 N–H and O–H groups in total. The molecule has 1 rings (SSSR count). The lowest BCUT2D eigenvalue weighted by Gasteiger charge is -2.01. The molecule has 0 bridgehead atoms. The summed E-state index contributed by atoms with van der Waals surface area (Å²) >= 11 is 0. The van der Waals surface area contributed by atoms with Crippen molar-refractivity contribution in [3.63, 3.8) is 0 Å². The normalized spacial score (nSPS) is 9.80. The second-order valence-corrected chi connectivity index (χ2v) is 2.11. The summed E-state index contributed by atoms with van der Waals surface area (Å²) in [5.74, 6) is -0.259. The van der Waals surface area contributed by atoms with E-state index in [4.69, 9.17) is 0 Å². The average Bonchev–Trinajstić information content (AvgIpc) is 1.82. The van der Waals surface area contributed by atoms with Crippen molar-refractivity contribution in [3.8, 4) is 5.75 Å². The summed E-state index contributed by atoms with van der Waals surface area (Å²) in [7, 11) is 3.24. The van der Waals surface area contributed by atoms with E-state index in [1.54, 1.807) is 14.1 Å². The molecule has 0 unspecified atom stereocenters. The average molecular weight is 140 g/mol. The van der Waals surface area contributed by atoms with E-state index < -0.39 is 0 Å². The largest absolute Gasteiger partial charge is 0.868 e. The third-order valence-corrected chi connectivity index (χ3v) is 1.37. The van der Waals surface area contributed by atoms with Gasteiger partial charge in [0, 0.05) is 6.07 Å². The molecule has 0 aliphatic carbocycles. The first-order chi connectivity index (χ1) is 4.61. The molecule has 0 fully saturated rings. The van der Waals surface area contributed by atoms with Crippen LogP contribution >= 0.6 is 0 Å². The van der Waals surface area contributed by atoms with Crippen molar-refractivity contribution in [2.24, 2.45) is 14.1 Å². The number of aryl methyl sites for hydroxylation is 1. The van der Waals surface area contributed by atoms with E-state index in [9.17, 15) is 9.90 Å². The number of rotatable bonds is 0. The highest BCUT2D eigenvalue weighted by Gasteiger charge is 1.97. The Kier molecular flexibility index (Phi) is 1.45. The standard InChI is InChI=1S/C6H8N2O2/c1-7-4-5(9)3-6(10)8(7)2/h3-4H,1-2H3. The summed E-state index contributed by atoms with van der Waals surface area (Å²) in [5.41, 5.74) is -0.282. The SMILES string of the molecule is Cn1c(=O)cc([O-])c[n+]1C. The van der Waals surface area contributed by atoms with Crippen LogP contribution in [0.15, 0.2) is 17.1 Å². The first kappa shape index (κ1) is 6.80. The van der Waals surface area contributed by atoms with Crippen molar-refractivity contribution in [2.45, 2.75) is 0 Å². The van der Waals surface area contributed by atoms with Crippen molar-refractivity contribution in [2.75, 3.05) is 0 Å². The second kappa shape index (κ2) is 2.13. The van der Waals surface area contributed by atoms with Gasteiger partial charge in [-0.3, -0.25) is 4.79 Å². The van der Waals surface area contributed by atoms with E-state index in [1.165, 1.54) is 15.6 Å². The lowest BCUT2D eigenvalue weighted by molar-refractivity contribution is -0.758. The van der Waals surface area contributed by atoms with Crippen molar-refractivity contribution in [3.05, 3.63) is 22.6 Å². The Labute approximate surface area is 57.9 Å². The zero-order valence-corrected chi connectivity index (χ0v) is 5.87. The van der Waals surface area contributed by atoms with Crippen LogP contribution in [0.1, 0.15) is 0 Å². The van der Waals surface area contributed by atoms with Crippen molar-refractivity contribution < 1.29 is 9.79 Å². The number of hydrogen-bond acceptors (Lipinski definition) is 2. The van der Waals surface area contributed by atoms with Gasteiger partial charge >= 0.3 is 0 Å². The molecule has 1 aromatic heterocycles. The van der Waals surface area contributed by atoms with Crippen LogP contribution in [0, 0.1) is 0 Å². The highest BCUT2D eigenvalue weighted by atomic mass is 16.3. The lowest BCUT2D eigenvalue weighted by Crippen LogP contribution is -2.46. The van der Waals surface area contributed by atoms with E-state index in [-0.39, 0.29) is 11.3 Å². The van der Waals surface area contributed by atoms with E-state index in [2.05, 4.69) is 0 Å². The molecule has 0 saturated carbocycles. The van der Waals surface area contributed by atoms with Crippen molar-refractivity contribution >= 4 is 0 Å². The molecular weight excluding hydrogens is 132 g/mol. The lowest BCUT2D eigenvalue weighted by atomic mass is 10.5. The smallest absolute Gasteiger partial charge is 0.299 e. The zero-order valence-electron chi connectivity index (χ0n) is 5.87. The third kappa shape index (κ3) is 1.00. The molecule has 0 amide bonds. The van der Waals surface area contributed by atoms with Crippen LogP contribution in [0.2, 0.25) is 0 Å². The maximum atomic E-state index is 10.8. The van der Waals surface area contributed by atoms with Crippen LogP contribution < -0.4 is 15.3 Å². The molecule has 54 valence electrons. The van der Waals surface area contributed by atoms with Crippen LogP contribution in [0.4, 0.5) is 0 Å². The summed E-state index contributed by atoms with van der Waals surface area (Å²) < 4.78 is 2.80. The van der Waals surface area contributed by atoms with Crippen LogP contribution in [-0.2, 0) is 14.1 Å². The minimum absolute atomic E-state index is 0.259. The van der Waals surface area contributed by atoms with Gasteiger partial charge in [-0.2, -0.15) is 0 Å². The van der Waals surface area contributed by atoms with Gasteiger partial charge in [0.2, 0.25) is 0 Å². The van der Waals surface area contributed by atoms with Gasteiger partial charge in [-0.05, 0) is 5.75 Å². The molecule has 4 heteroatoms. The maximum absolute atomic E-state index is 10.8. The number of nitrogens with zero attached hydrogens (tertiary/aromatic N) is 2. The van der Waals surface area contributed by atoms with Gasteiger partial charge in [-0.1, -0.05) is 0 Å². The van der Waals surface area contributed by atoms with Gasteiger partial charge in [-0.15, -0.1) is 9.36 Å². The molecule has 0 atom stereocenters.